The molecule has 0 N–H and O–H groups in total. The summed E-state index contributed by atoms with van der Waals surface area (Å²) in [7, 11) is 0. The molecule has 0 heterocycles. The fourth-order valence-corrected chi connectivity index (χ4v) is 8.64. The lowest BCUT2D eigenvalue weighted by molar-refractivity contribution is -0.167. The Morgan fingerprint density at radius 3 is 0.887 bits per heavy atom. The molecule has 0 radical (unpaired) electrons. The van der Waals surface area contributed by atoms with E-state index in [9.17, 15) is 14.4 Å². The number of carbonyl (C=O) groups excluding carboxylic acids is 3. The molecule has 0 amide bonds. The smallest absolute Gasteiger partial charge is 0.306 e. The standard InChI is InChI=1S/C65H114O6/c1-4-7-10-13-16-19-22-25-27-29-31-32-34-36-38-41-44-47-50-53-56-59-65(68)71-62(60-69-63(66)57-54-51-48-45-42-39-24-21-18-15-12-9-6-3)61-70-64(67)58-55-52-49-46-43-40-37-35-33-30-28-26-23-20-17-14-11-8-5-2/h8,11,17,20,25-28,33,35,40,43,62H,4-7,9-10,12-16,18-19,21-24,29-32,34,36-39,41-42,44-61H2,1-3H3/b11-8-,20-17-,27-25-,28-26-,35-33-,43-40-/t62-/m0/s1. The Labute approximate surface area is 440 Å². The van der Waals surface area contributed by atoms with Gasteiger partial charge in [0.15, 0.2) is 6.10 Å². The van der Waals surface area contributed by atoms with Gasteiger partial charge in [-0.2, -0.15) is 0 Å². The predicted octanol–water partition coefficient (Wildman–Crippen LogP) is 20.5. The van der Waals surface area contributed by atoms with Gasteiger partial charge in [0.25, 0.3) is 0 Å². The zero-order valence-electron chi connectivity index (χ0n) is 47.0. The Morgan fingerprint density at radius 2 is 0.549 bits per heavy atom. The van der Waals surface area contributed by atoms with Crippen LogP contribution in [0.1, 0.15) is 303 Å². The number of unbranched alkanes of at least 4 members (excludes halogenated alkanes) is 32. The molecular weight excluding hydrogens is 877 g/mol. The molecule has 6 nitrogen and oxygen atoms in total. The third-order valence-corrected chi connectivity index (χ3v) is 13.2. The predicted molar refractivity (Wildman–Crippen MR) is 307 cm³/mol. The van der Waals surface area contributed by atoms with Gasteiger partial charge in [-0.25, -0.2) is 0 Å². The van der Waals surface area contributed by atoms with E-state index < -0.39 is 6.10 Å². The zero-order chi connectivity index (χ0) is 51.4. The largest absolute Gasteiger partial charge is 0.462 e. The van der Waals surface area contributed by atoms with Crippen molar-refractivity contribution in [3.05, 3.63) is 72.9 Å². The highest BCUT2D eigenvalue weighted by Crippen LogP contribution is 2.16. The van der Waals surface area contributed by atoms with Crippen LogP contribution in [0.3, 0.4) is 0 Å². The van der Waals surface area contributed by atoms with Crippen molar-refractivity contribution in [1.29, 1.82) is 0 Å². The molecule has 71 heavy (non-hydrogen) atoms. The number of rotatable bonds is 55. The Morgan fingerprint density at radius 1 is 0.296 bits per heavy atom. The van der Waals surface area contributed by atoms with E-state index in [4.69, 9.17) is 14.2 Å². The minimum absolute atomic E-state index is 0.0834. The second kappa shape index (κ2) is 59.4. The second-order valence-electron chi connectivity index (χ2n) is 20.2. The Kier molecular flexibility index (Phi) is 56.8. The Hall–Kier alpha value is -3.15. The summed E-state index contributed by atoms with van der Waals surface area (Å²) in [5.74, 6) is -0.905. The fourth-order valence-electron chi connectivity index (χ4n) is 8.64. The average Bonchev–Trinajstić information content (AvgIpc) is 3.37. The molecule has 0 aliphatic carbocycles. The summed E-state index contributed by atoms with van der Waals surface area (Å²) in [6.07, 6.45) is 76.1. The van der Waals surface area contributed by atoms with E-state index >= 15 is 0 Å². The van der Waals surface area contributed by atoms with Gasteiger partial charge in [0, 0.05) is 19.3 Å². The van der Waals surface area contributed by atoms with E-state index in [2.05, 4.69) is 93.7 Å². The SMILES string of the molecule is CC/C=C\C/C=C\C/C=C\C/C=C\C/C=C\CCCCCC(=O)OC[C@H](COC(=O)CCCCCCCCCCCCCCC)OC(=O)CCCCCCCCCCCCC/C=C\CCCCCCCC. The minimum Gasteiger partial charge on any atom is -0.462 e. The molecule has 0 saturated carbocycles. The van der Waals surface area contributed by atoms with Crippen molar-refractivity contribution in [2.75, 3.05) is 13.2 Å². The number of ether oxygens (including phenoxy) is 3. The van der Waals surface area contributed by atoms with E-state index in [0.717, 1.165) is 96.3 Å². The molecule has 0 spiro atoms. The Balaban J connectivity index is 4.39. The third kappa shape index (κ3) is 57.6. The van der Waals surface area contributed by atoms with Crippen molar-refractivity contribution >= 4 is 17.9 Å². The highest BCUT2D eigenvalue weighted by atomic mass is 16.6. The maximum atomic E-state index is 12.9. The first-order valence-electron chi connectivity index (χ1n) is 30.4. The van der Waals surface area contributed by atoms with E-state index in [1.54, 1.807) is 0 Å². The molecule has 1 atom stereocenters. The van der Waals surface area contributed by atoms with Crippen molar-refractivity contribution in [3.63, 3.8) is 0 Å². The van der Waals surface area contributed by atoms with Crippen LogP contribution >= 0.6 is 0 Å². The van der Waals surface area contributed by atoms with Crippen LogP contribution in [0.4, 0.5) is 0 Å². The highest BCUT2D eigenvalue weighted by molar-refractivity contribution is 5.71. The summed E-state index contributed by atoms with van der Waals surface area (Å²) in [4.78, 5) is 38.2. The monoisotopic (exact) mass is 991 g/mol. The lowest BCUT2D eigenvalue weighted by Gasteiger charge is -2.18. The van der Waals surface area contributed by atoms with Crippen LogP contribution in [-0.2, 0) is 28.6 Å². The maximum absolute atomic E-state index is 12.9. The molecule has 0 aromatic heterocycles. The summed E-state index contributed by atoms with van der Waals surface area (Å²) in [5, 5.41) is 0. The first-order chi connectivity index (χ1) is 35.0. The van der Waals surface area contributed by atoms with Crippen molar-refractivity contribution in [2.24, 2.45) is 0 Å². The molecule has 6 heteroatoms. The van der Waals surface area contributed by atoms with Gasteiger partial charge in [0.05, 0.1) is 0 Å². The van der Waals surface area contributed by atoms with Gasteiger partial charge in [-0.1, -0.05) is 267 Å². The van der Waals surface area contributed by atoms with Crippen molar-refractivity contribution in [3.8, 4) is 0 Å². The number of allylic oxidation sites excluding steroid dienone is 12. The van der Waals surface area contributed by atoms with E-state index in [1.807, 2.05) is 0 Å². The number of hydrogen-bond acceptors (Lipinski definition) is 6. The van der Waals surface area contributed by atoms with Crippen LogP contribution in [0.5, 0.6) is 0 Å². The minimum atomic E-state index is -0.788. The molecule has 0 fully saturated rings. The first kappa shape index (κ1) is 67.8. The molecule has 0 unspecified atom stereocenters. The highest BCUT2D eigenvalue weighted by Gasteiger charge is 2.19. The van der Waals surface area contributed by atoms with Crippen LogP contribution in [0.2, 0.25) is 0 Å². The van der Waals surface area contributed by atoms with Crippen molar-refractivity contribution in [2.45, 2.75) is 309 Å². The zero-order valence-corrected chi connectivity index (χ0v) is 47.0. The molecule has 0 aromatic rings. The number of esters is 3. The second-order valence-corrected chi connectivity index (χ2v) is 20.2. The number of carbonyl (C=O) groups is 3. The maximum Gasteiger partial charge on any atom is 0.306 e. The summed E-state index contributed by atoms with van der Waals surface area (Å²) in [6, 6.07) is 0. The van der Waals surface area contributed by atoms with Crippen LogP contribution in [0.25, 0.3) is 0 Å². The van der Waals surface area contributed by atoms with Gasteiger partial charge >= 0.3 is 17.9 Å². The molecule has 0 rings (SSSR count). The van der Waals surface area contributed by atoms with Crippen molar-refractivity contribution in [1.82, 2.24) is 0 Å². The molecule has 410 valence electrons. The van der Waals surface area contributed by atoms with Gasteiger partial charge in [0.1, 0.15) is 13.2 Å². The van der Waals surface area contributed by atoms with Gasteiger partial charge in [-0.15, -0.1) is 0 Å². The van der Waals surface area contributed by atoms with E-state index in [-0.39, 0.29) is 31.1 Å². The van der Waals surface area contributed by atoms with Crippen LogP contribution in [-0.4, -0.2) is 37.2 Å². The summed E-state index contributed by atoms with van der Waals surface area (Å²) >= 11 is 0. The van der Waals surface area contributed by atoms with Gasteiger partial charge in [-0.3, -0.25) is 14.4 Å². The summed E-state index contributed by atoms with van der Waals surface area (Å²) in [6.45, 7) is 6.52. The fraction of sp³-hybridized carbons (Fsp3) is 0.769. The topological polar surface area (TPSA) is 78.9 Å². The molecule has 0 aromatic carbocycles. The molecule has 0 aliphatic rings. The van der Waals surface area contributed by atoms with Crippen LogP contribution in [0, 0.1) is 0 Å². The first-order valence-corrected chi connectivity index (χ1v) is 30.4. The number of hydrogen-bond donors (Lipinski definition) is 0. The lowest BCUT2D eigenvalue weighted by atomic mass is 10.0. The summed E-state index contributed by atoms with van der Waals surface area (Å²) < 4.78 is 16.9. The Bertz CT molecular complexity index is 1320. The van der Waals surface area contributed by atoms with Gasteiger partial charge in [-0.05, 0) is 89.9 Å². The molecular formula is C65H114O6. The van der Waals surface area contributed by atoms with Crippen LogP contribution < -0.4 is 0 Å². The lowest BCUT2D eigenvalue weighted by Crippen LogP contribution is -2.30. The van der Waals surface area contributed by atoms with E-state index in [1.165, 1.54) is 167 Å². The van der Waals surface area contributed by atoms with Crippen molar-refractivity contribution < 1.29 is 28.6 Å². The van der Waals surface area contributed by atoms with Gasteiger partial charge in [0.2, 0.25) is 0 Å². The van der Waals surface area contributed by atoms with Gasteiger partial charge < -0.3 is 14.2 Å². The molecule has 0 aliphatic heterocycles. The molecule has 0 bridgehead atoms. The van der Waals surface area contributed by atoms with E-state index in [0.29, 0.717) is 19.3 Å². The normalized spacial score (nSPS) is 12.5. The quantitative estimate of drug-likeness (QED) is 0.0261. The summed E-state index contributed by atoms with van der Waals surface area (Å²) in [5.41, 5.74) is 0. The van der Waals surface area contributed by atoms with Crippen LogP contribution in [0.15, 0.2) is 72.9 Å². The average molecular weight is 992 g/mol. The molecule has 0 saturated heterocycles. The third-order valence-electron chi connectivity index (χ3n) is 13.2.